The van der Waals surface area contributed by atoms with Crippen molar-refractivity contribution in [2.75, 3.05) is 0 Å². The highest BCUT2D eigenvalue weighted by molar-refractivity contribution is 7.92. The van der Waals surface area contributed by atoms with Crippen LogP contribution in [0, 0.1) is 0 Å². The van der Waals surface area contributed by atoms with Gasteiger partial charge in [0.25, 0.3) is 0 Å². The highest BCUT2D eigenvalue weighted by Crippen LogP contribution is 2.17. The Morgan fingerprint density at radius 2 is 1.62 bits per heavy atom. The van der Waals surface area contributed by atoms with E-state index in [-0.39, 0.29) is 5.25 Å². The summed E-state index contributed by atoms with van der Waals surface area (Å²) in [6, 6.07) is 6.37. The number of rotatable bonds is 2. The molecule has 71 valence electrons. The van der Waals surface area contributed by atoms with Crippen molar-refractivity contribution < 1.29 is 8.42 Å². The minimum Gasteiger partial charge on any atom is -0.223 e. The molecule has 1 rings (SSSR count). The smallest absolute Gasteiger partial charge is 0.180 e. The molecule has 13 heavy (non-hydrogen) atoms. The summed E-state index contributed by atoms with van der Waals surface area (Å²) in [6.07, 6.45) is 0. The summed E-state index contributed by atoms with van der Waals surface area (Å²) in [7, 11) is -3.14. The van der Waals surface area contributed by atoms with Gasteiger partial charge in [-0.1, -0.05) is 12.6 Å². The van der Waals surface area contributed by atoms with E-state index in [2.05, 4.69) is 0 Å². The highest BCUT2D eigenvalue weighted by atomic mass is 32.2. The topological polar surface area (TPSA) is 34.1 Å². The predicted molar refractivity (Wildman–Crippen MR) is 54.6 cm³/mol. The molecular formula is C9H11O2S2. The normalized spacial score (nSPS) is 11.9. The maximum absolute atomic E-state index is 11.6. The average molecular weight is 215 g/mol. The fourth-order valence-corrected chi connectivity index (χ4v) is 2.10. The lowest BCUT2D eigenvalue weighted by molar-refractivity contribution is 0.587. The largest absolute Gasteiger partial charge is 0.223 e. The highest BCUT2D eigenvalue weighted by Gasteiger charge is 2.18. The van der Waals surface area contributed by atoms with Crippen LogP contribution in [0.3, 0.4) is 0 Å². The fraction of sp³-hybridized carbons (Fsp3) is 0.333. The van der Waals surface area contributed by atoms with Crippen molar-refractivity contribution in [3.63, 3.8) is 0 Å². The maximum atomic E-state index is 11.6. The van der Waals surface area contributed by atoms with Gasteiger partial charge in [0.1, 0.15) is 0 Å². The molecule has 0 N–H and O–H groups in total. The Kier molecular flexibility index (Phi) is 2.93. The van der Waals surface area contributed by atoms with E-state index in [0.29, 0.717) is 9.79 Å². The van der Waals surface area contributed by atoms with Crippen LogP contribution in [0.2, 0.25) is 0 Å². The molecule has 0 saturated carbocycles. The fourth-order valence-electron chi connectivity index (χ4n) is 0.901. The van der Waals surface area contributed by atoms with Crippen LogP contribution in [0.4, 0.5) is 0 Å². The van der Waals surface area contributed by atoms with Gasteiger partial charge in [0, 0.05) is 4.90 Å². The van der Waals surface area contributed by atoms with E-state index in [9.17, 15) is 8.42 Å². The van der Waals surface area contributed by atoms with Gasteiger partial charge in [-0.2, -0.15) is 0 Å². The lowest BCUT2D eigenvalue weighted by Crippen LogP contribution is -2.13. The number of hydrogen-bond donors (Lipinski definition) is 0. The zero-order valence-electron chi connectivity index (χ0n) is 7.52. The molecule has 2 nitrogen and oxygen atoms in total. The quantitative estimate of drug-likeness (QED) is 0.759. The van der Waals surface area contributed by atoms with Crippen LogP contribution in [0.15, 0.2) is 34.1 Å². The molecule has 0 aliphatic carbocycles. The first-order valence-corrected chi connectivity index (χ1v) is 5.91. The summed E-state index contributed by atoms with van der Waals surface area (Å²) in [5.74, 6) is 0. The Morgan fingerprint density at radius 3 is 2.00 bits per heavy atom. The van der Waals surface area contributed by atoms with Crippen LogP contribution < -0.4 is 0 Å². The van der Waals surface area contributed by atoms with Crippen molar-refractivity contribution in [2.24, 2.45) is 0 Å². The van der Waals surface area contributed by atoms with Gasteiger partial charge in [0.2, 0.25) is 0 Å². The Bertz CT molecular complexity index is 377. The Labute approximate surface area is 84.3 Å². The standard InChI is InChI=1S/C9H11O2S2/c1-7(2)13(10,11)9-5-3-8(12)4-6-9/h3-7H,1-2H3. The van der Waals surface area contributed by atoms with E-state index in [1.165, 1.54) is 0 Å². The molecule has 1 aromatic carbocycles. The molecule has 1 radical (unpaired) electrons. The van der Waals surface area contributed by atoms with Crippen LogP contribution in [-0.4, -0.2) is 13.7 Å². The first-order chi connectivity index (χ1) is 5.94. The maximum Gasteiger partial charge on any atom is 0.180 e. The number of sulfone groups is 1. The lowest BCUT2D eigenvalue weighted by Gasteiger charge is -2.06. The summed E-state index contributed by atoms with van der Waals surface area (Å²) in [5, 5.41) is -0.386. The molecule has 0 aliphatic rings. The molecule has 0 atom stereocenters. The molecule has 0 aliphatic heterocycles. The third kappa shape index (κ3) is 2.19. The molecule has 0 fully saturated rings. The van der Waals surface area contributed by atoms with Gasteiger partial charge < -0.3 is 0 Å². The zero-order chi connectivity index (χ0) is 10.1. The molecule has 1 aromatic rings. The van der Waals surface area contributed by atoms with E-state index in [4.69, 9.17) is 12.6 Å². The van der Waals surface area contributed by atoms with Gasteiger partial charge >= 0.3 is 0 Å². The van der Waals surface area contributed by atoms with Crippen LogP contribution in [-0.2, 0) is 9.84 Å². The SMILES string of the molecule is CC(C)S(=O)(=O)c1ccc([S])cc1. The first kappa shape index (κ1) is 10.5. The minimum absolute atomic E-state index is 0.344. The molecule has 4 heteroatoms. The van der Waals surface area contributed by atoms with Crippen LogP contribution in [0.25, 0.3) is 0 Å². The van der Waals surface area contributed by atoms with Gasteiger partial charge in [-0.3, -0.25) is 0 Å². The third-order valence-corrected chi connectivity index (χ3v) is 4.22. The van der Waals surface area contributed by atoms with Crippen molar-refractivity contribution in [3.8, 4) is 0 Å². The second-order valence-corrected chi connectivity index (χ2v) is 6.04. The van der Waals surface area contributed by atoms with Crippen LogP contribution >= 0.6 is 12.6 Å². The van der Waals surface area contributed by atoms with Crippen LogP contribution in [0.1, 0.15) is 13.8 Å². The van der Waals surface area contributed by atoms with Gasteiger partial charge in [-0.25, -0.2) is 8.42 Å². The molecule has 0 unspecified atom stereocenters. The van der Waals surface area contributed by atoms with E-state index in [0.717, 1.165) is 0 Å². The summed E-state index contributed by atoms with van der Waals surface area (Å²) in [5.41, 5.74) is 0. The van der Waals surface area contributed by atoms with Gasteiger partial charge in [-0.15, -0.1) is 0 Å². The molecule has 0 saturated heterocycles. The van der Waals surface area contributed by atoms with E-state index >= 15 is 0 Å². The summed E-state index contributed by atoms with van der Waals surface area (Å²) in [6.45, 7) is 3.33. The number of benzene rings is 1. The van der Waals surface area contributed by atoms with Gasteiger partial charge in [-0.05, 0) is 38.1 Å². The second-order valence-electron chi connectivity index (χ2n) is 3.07. The van der Waals surface area contributed by atoms with Crippen molar-refractivity contribution in [1.29, 1.82) is 0 Å². The minimum atomic E-state index is -3.14. The number of hydrogen-bond acceptors (Lipinski definition) is 2. The third-order valence-electron chi connectivity index (χ3n) is 1.77. The Hall–Kier alpha value is -0.610. The summed E-state index contributed by atoms with van der Waals surface area (Å²) in [4.78, 5) is 0.999. The Balaban J connectivity index is 3.17. The summed E-state index contributed by atoms with van der Waals surface area (Å²) < 4.78 is 23.2. The molecular weight excluding hydrogens is 204 g/mol. The van der Waals surface area contributed by atoms with Crippen molar-refractivity contribution >= 4 is 22.5 Å². The van der Waals surface area contributed by atoms with Gasteiger partial charge in [0.15, 0.2) is 9.84 Å². The summed E-state index contributed by atoms with van der Waals surface area (Å²) >= 11 is 4.87. The monoisotopic (exact) mass is 215 g/mol. The molecule has 0 amide bonds. The molecule has 0 spiro atoms. The first-order valence-electron chi connectivity index (χ1n) is 3.95. The van der Waals surface area contributed by atoms with Crippen LogP contribution in [0.5, 0.6) is 0 Å². The van der Waals surface area contributed by atoms with Crippen molar-refractivity contribution in [3.05, 3.63) is 24.3 Å². The van der Waals surface area contributed by atoms with Crippen molar-refractivity contribution in [2.45, 2.75) is 28.9 Å². The average Bonchev–Trinajstić information content (AvgIpc) is 2.04. The molecule has 0 aromatic heterocycles. The predicted octanol–water partition coefficient (Wildman–Crippen LogP) is 2.43. The zero-order valence-corrected chi connectivity index (χ0v) is 9.15. The van der Waals surface area contributed by atoms with E-state index in [1.807, 2.05) is 0 Å². The molecule has 0 bridgehead atoms. The Morgan fingerprint density at radius 1 is 1.15 bits per heavy atom. The lowest BCUT2D eigenvalue weighted by atomic mass is 10.4. The molecule has 0 heterocycles. The second kappa shape index (κ2) is 3.64. The van der Waals surface area contributed by atoms with E-state index in [1.54, 1.807) is 38.1 Å². The van der Waals surface area contributed by atoms with Crippen molar-refractivity contribution in [1.82, 2.24) is 0 Å². The van der Waals surface area contributed by atoms with E-state index < -0.39 is 9.84 Å². The van der Waals surface area contributed by atoms with Gasteiger partial charge in [0.05, 0.1) is 10.1 Å².